The van der Waals surface area contributed by atoms with E-state index in [1.54, 1.807) is 18.3 Å². The number of aryl methyl sites for hydroxylation is 1. The lowest BCUT2D eigenvalue weighted by Crippen LogP contribution is -2.57. The Morgan fingerprint density at radius 1 is 1.14 bits per heavy atom. The molecule has 1 saturated heterocycles. The molecule has 0 saturated carbocycles. The van der Waals surface area contributed by atoms with E-state index in [4.69, 9.17) is 9.84 Å². The van der Waals surface area contributed by atoms with Crippen LogP contribution in [0.1, 0.15) is 30.5 Å². The highest BCUT2D eigenvalue weighted by Crippen LogP contribution is 2.35. The van der Waals surface area contributed by atoms with Crippen LogP contribution in [-0.2, 0) is 17.4 Å². The SMILES string of the molecule is Cc1ccc(CC(=O)O)cc1OCCN1[C@H](C)CN(c2ncc(-c3ccc(C(F)(F)F)cc3)s2)C[C@@H]1C. The Labute approximate surface area is 218 Å². The number of rotatable bonds is 8. The van der Waals surface area contributed by atoms with Gasteiger partial charge >= 0.3 is 12.1 Å². The van der Waals surface area contributed by atoms with E-state index in [-0.39, 0.29) is 18.5 Å². The molecular weight excluding hydrogens is 503 g/mol. The van der Waals surface area contributed by atoms with Crippen molar-refractivity contribution in [3.8, 4) is 16.2 Å². The van der Waals surface area contributed by atoms with Gasteiger partial charge in [0, 0.05) is 37.9 Å². The molecule has 0 bridgehead atoms. The fourth-order valence-electron chi connectivity index (χ4n) is 4.67. The Hall–Kier alpha value is -3.11. The Balaban J connectivity index is 1.34. The second-order valence-corrected chi connectivity index (χ2v) is 10.5. The first-order valence-electron chi connectivity index (χ1n) is 12.1. The van der Waals surface area contributed by atoms with Gasteiger partial charge in [-0.3, -0.25) is 9.69 Å². The maximum absolute atomic E-state index is 12.9. The average Bonchev–Trinajstić information content (AvgIpc) is 3.32. The topological polar surface area (TPSA) is 65.9 Å². The lowest BCUT2D eigenvalue weighted by atomic mass is 10.1. The molecule has 0 radical (unpaired) electrons. The summed E-state index contributed by atoms with van der Waals surface area (Å²) in [6, 6.07) is 11.1. The highest BCUT2D eigenvalue weighted by atomic mass is 32.1. The number of piperazine rings is 1. The van der Waals surface area contributed by atoms with Crippen LogP contribution in [-0.4, -0.2) is 59.3 Å². The predicted molar refractivity (Wildman–Crippen MR) is 138 cm³/mol. The molecule has 10 heteroatoms. The van der Waals surface area contributed by atoms with Crippen LogP contribution in [0.3, 0.4) is 0 Å². The standard InChI is InChI=1S/C27H30F3N3O3S/c1-17-4-5-20(13-25(34)35)12-23(17)36-11-10-33-18(2)15-32(16-19(33)3)26-31-14-24(37-26)21-6-8-22(9-7-21)27(28,29)30/h4-9,12,14,18-19H,10-11,13,15-16H2,1-3H3,(H,34,35)/t18-,19+. The summed E-state index contributed by atoms with van der Waals surface area (Å²) in [4.78, 5) is 21.0. The van der Waals surface area contributed by atoms with Crippen molar-refractivity contribution in [1.29, 1.82) is 0 Å². The molecule has 4 rings (SSSR count). The van der Waals surface area contributed by atoms with E-state index in [9.17, 15) is 18.0 Å². The maximum atomic E-state index is 12.9. The molecule has 3 aromatic rings. The van der Waals surface area contributed by atoms with E-state index in [0.717, 1.165) is 52.9 Å². The number of hydrogen-bond acceptors (Lipinski definition) is 6. The van der Waals surface area contributed by atoms with Crippen molar-refractivity contribution < 1.29 is 27.8 Å². The summed E-state index contributed by atoms with van der Waals surface area (Å²) in [5, 5.41) is 9.90. The van der Waals surface area contributed by atoms with Gasteiger partial charge in [-0.2, -0.15) is 13.2 Å². The van der Waals surface area contributed by atoms with E-state index in [1.807, 2.05) is 13.0 Å². The number of aromatic nitrogens is 1. The van der Waals surface area contributed by atoms with E-state index in [2.05, 4.69) is 28.6 Å². The molecule has 2 aromatic carbocycles. The van der Waals surface area contributed by atoms with Gasteiger partial charge in [0.25, 0.3) is 0 Å². The number of alkyl halides is 3. The first kappa shape index (κ1) is 26.9. The van der Waals surface area contributed by atoms with Crippen molar-refractivity contribution in [3.05, 3.63) is 65.4 Å². The van der Waals surface area contributed by atoms with Gasteiger partial charge in [0.15, 0.2) is 5.13 Å². The second kappa shape index (κ2) is 11.1. The molecule has 1 fully saturated rings. The fraction of sp³-hybridized carbons (Fsp3) is 0.407. The number of carboxylic acids is 1. The molecule has 198 valence electrons. The van der Waals surface area contributed by atoms with Crippen molar-refractivity contribution in [2.24, 2.45) is 0 Å². The van der Waals surface area contributed by atoms with Crippen molar-refractivity contribution >= 4 is 22.4 Å². The summed E-state index contributed by atoms with van der Waals surface area (Å²) < 4.78 is 44.6. The number of carbonyl (C=O) groups is 1. The van der Waals surface area contributed by atoms with E-state index in [1.165, 1.54) is 23.5 Å². The minimum absolute atomic E-state index is 0.0377. The second-order valence-electron chi connectivity index (χ2n) is 9.44. The Kier molecular flexibility index (Phi) is 8.08. The minimum atomic E-state index is -4.35. The molecule has 2 atom stereocenters. The highest BCUT2D eigenvalue weighted by Gasteiger charge is 2.31. The van der Waals surface area contributed by atoms with Crippen LogP contribution in [0, 0.1) is 6.92 Å². The van der Waals surface area contributed by atoms with Crippen LogP contribution in [0.4, 0.5) is 18.3 Å². The molecule has 1 aromatic heterocycles. The molecule has 1 aliphatic heterocycles. The summed E-state index contributed by atoms with van der Waals surface area (Å²) in [5.41, 5.74) is 1.73. The lowest BCUT2D eigenvalue weighted by Gasteiger charge is -2.44. The minimum Gasteiger partial charge on any atom is -0.492 e. The third-order valence-corrected chi connectivity index (χ3v) is 7.68. The zero-order chi connectivity index (χ0) is 26.7. The summed E-state index contributed by atoms with van der Waals surface area (Å²) in [6.45, 7) is 9.03. The Bertz CT molecular complexity index is 1220. The average molecular weight is 534 g/mol. The highest BCUT2D eigenvalue weighted by molar-refractivity contribution is 7.18. The third kappa shape index (κ3) is 6.61. The number of ether oxygens (including phenoxy) is 1. The van der Waals surface area contributed by atoms with Gasteiger partial charge in [-0.25, -0.2) is 4.98 Å². The van der Waals surface area contributed by atoms with Crippen LogP contribution in [0.2, 0.25) is 0 Å². The van der Waals surface area contributed by atoms with Crippen LogP contribution >= 0.6 is 11.3 Å². The monoisotopic (exact) mass is 533 g/mol. The zero-order valence-electron chi connectivity index (χ0n) is 21.0. The number of hydrogen-bond donors (Lipinski definition) is 1. The number of aliphatic carboxylic acids is 1. The normalized spacial score (nSPS) is 18.7. The van der Waals surface area contributed by atoms with Crippen LogP contribution in [0.25, 0.3) is 10.4 Å². The number of benzene rings is 2. The first-order valence-corrected chi connectivity index (χ1v) is 12.9. The molecule has 37 heavy (non-hydrogen) atoms. The summed E-state index contributed by atoms with van der Waals surface area (Å²) in [6.07, 6.45) is -2.67. The largest absolute Gasteiger partial charge is 0.492 e. The van der Waals surface area contributed by atoms with E-state index >= 15 is 0 Å². The number of carboxylic acid groups (broad SMARTS) is 1. The molecule has 0 unspecified atom stereocenters. The van der Waals surface area contributed by atoms with Crippen molar-refractivity contribution in [2.75, 3.05) is 31.1 Å². The van der Waals surface area contributed by atoms with Gasteiger partial charge in [-0.15, -0.1) is 0 Å². The Morgan fingerprint density at radius 2 is 1.81 bits per heavy atom. The zero-order valence-corrected chi connectivity index (χ0v) is 21.8. The van der Waals surface area contributed by atoms with Crippen molar-refractivity contribution in [1.82, 2.24) is 9.88 Å². The Morgan fingerprint density at radius 3 is 2.43 bits per heavy atom. The lowest BCUT2D eigenvalue weighted by molar-refractivity contribution is -0.138. The van der Waals surface area contributed by atoms with Gasteiger partial charge in [-0.1, -0.05) is 35.6 Å². The van der Waals surface area contributed by atoms with E-state index < -0.39 is 17.7 Å². The van der Waals surface area contributed by atoms with Gasteiger partial charge in [0.05, 0.1) is 16.9 Å². The number of nitrogens with zero attached hydrogens (tertiary/aromatic N) is 3. The number of anilines is 1. The van der Waals surface area contributed by atoms with Crippen molar-refractivity contribution in [3.63, 3.8) is 0 Å². The summed E-state index contributed by atoms with van der Waals surface area (Å²) in [7, 11) is 0. The molecule has 0 aliphatic carbocycles. The fourth-order valence-corrected chi connectivity index (χ4v) is 5.61. The number of halogens is 3. The van der Waals surface area contributed by atoms with Crippen molar-refractivity contribution in [2.45, 2.75) is 45.5 Å². The third-order valence-electron chi connectivity index (χ3n) is 6.58. The predicted octanol–water partition coefficient (Wildman–Crippen LogP) is 5.74. The molecule has 0 amide bonds. The number of thiazole rings is 1. The molecule has 6 nitrogen and oxygen atoms in total. The van der Waals surface area contributed by atoms with Crippen LogP contribution < -0.4 is 9.64 Å². The molecule has 0 spiro atoms. The molecular formula is C27H30F3N3O3S. The summed E-state index contributed by atoms with van der Waals surface area (Å²) >= 11 is 1.48. The molecule has 1 aliphatic rings. The smallest absolute Gasteiger partial charge is 0.416 e. The van der Waals surface area contributed by atoms with E-state index in [0.29, 0.717) is 17.9 Å². The van der Waals surface area contributed by atoms with Gasteiger partial charge in [0.2, 0.25) is 0 Å². The molecule has 1 N–H and O–H groups in total. The van der Waals surface area contributed by atoms with Crippen LogP contribution in [0.5, 0.6) is 5.75 Å². The maximum Gasteiger partial charge on any atom is 0.416 e. The summed E-state index contributed by atoms with van der Waals surface area (Å²) in [5.74, 6) is -0.168. The van der Waals surface area contributed by atoms with Crippen LogP contribution in [0.15, 0.2) is 48.7 Å². The van der Waals surface area contributed by atoms with Gasteiger partial charge in [0.1, 0.15) is 12.4 Å². The van der Waals surface area contributed by atoms with Gasteiger partial charge in [-0.05, 0) is 55.7 Å². The molecule has 2 heterocycles. The quantitative estimate of drug-likeness (QED) is 0.398. The first-order chi connectivity index (χ1) is 17.5. The van der Waals surface area contributed by atoms with Gasteiger partial charge < -0.3 is 14.7 Å².